The van der Waals surface area contributed by atoms with Crippen molar-refractivity contribution in [1.29, 1.82) is 0 Å². The van der Waals surface area contributed by atoms with Gasteiger partial charge in [0, 0.05) is 124 Å². The van der Waals surface area contributed by atoms with Crippen molar-refractivity contribution >= 4 is 75.4 Å². The number of carbonyl (C=O) groups is 2. The number of anilines is 2. The molecule has 0 bridgehead atoms. The molecule has 9 rings (SSSR count). The number of fused-ring (bicyclic) bond motifs is 4. The predicted octanol–water partition coefficient (Wildman–Crippen LogP) is 4.92. The van der Waals surface area contributed by atoms with E-state index in [0.717, 1.165) is 50.4 Å². The number of sulfone groups is 2. The maximum atomic E-state index is 12.3. The Labute approximate surface area is 923 Å². The van der Waals surface area contributed by atoms with Crippen molar-refractivity contribution < 1.29 is 211 Å². The predicted molar refractivity (Wildman–Crippen MR) is 557 cm³/mol. The third-order valence-electron chi connectivity index (χ3n) is 24.5. The van der Waals surface area contributed by atoms with E-state index in [2.05, 4.69) is 42.1 Å². The third-order valence-corrected chi connectivity index (χ3v) is 28.2. The largest absolute Gasteiger partial charge is 1.00 e. The summed E-state index contributed by atoms with van der Waals surface area (Å²) < 4.78 is 235. The number of benzene rings is 5. The maximum absolute atomic E-state index is 12.3. The number of hydrogen-bond acceptors (Lipinski definition) is 33. The molecule has 0 saturated heterocycles. The molecule has 0 aromatic heterocycles. The minimum Gasteiger partial charge on any atom is -0.744 e. The first-order chi connectivity index (χ1) is 70.3. The molecule has 0 saturated carbocycles. The minimum atomic E-state index is -4.85. The summed E-state index contributed by atoms with van der Waals surface area (Å²) >= 11 is 0. The molecule has 3 aromatic rings. The van der Waals surface area contributed by atoms with Crippen LogP contribution in [0.3, 0.4) is 0 Å². The fourth-order valence-electron chi connectivity index (χ4n) is 17.0. The van der Waals surface area contributed by atoms with Crippen molar-refractivity contribution in [2.45, 2.75) is 119 Å². The summed E-state index contributed by atoms with van der Waals surface area (Å²) in [5, 5.41) is 20.9. The standard InChI is InChI=1S/C55H76N2O17S2.C51H76N2O16S2.2Na/c1-42-38-44(67-5)14-17-47(42)49-40-45(10-7-11-53-55(2,19-8-12-54(58)59)50-41-46(76(62,63)64)15-18-51(50)57(53)20-9-37-75(6,60)61)74-52-39-43(13-16-48(49)52)56(21-23-68-29-31-72-35-33-70-27-25-65-3)22-24-69-30-32-73-36-34-71-28-26-66-4;1-50(2,3)44-38-41(11-8-12-48-51(4,18-9-13-49(54)55)45-39-42(71(58,59)60)15-17-46(45)53(48)19-10-36-70(7,56)57)69-47-37-40(14-16-43(44)47)52(20-22-63-28-30-67-34-32-65-26-24-61-5)21-23-64-29-31-68-35-33-66-27-25-62-6;;/h7,10-11,13-18,38-41H,8-9,12,19-37H2,1-6H3,(H-,58,59,62,63,64);8,11-12,14-17,37-39H,9-10,13,18-36H2,1-7H3,(H-,54,55,58,59,60);;/q;;2*+1. The van der Waals surface area contributed by atoms with Gasteiger partial charge >= 0.3 is 71.1 Å². The van der Waals surface area contributed by atoms with E-state index in [1.165, 1.54) is 30.5 Å². The molecule has 37 nitrogen and oxygen atoms in total. The van der Waals surface area contributed by atoms with E-state index in [1.807, 2.05) is 122 Å². The van der Waals surface area contributed by atoms with Crippen LogP contribution in [-0.2, 0) is 142 Å². The smallest absolute Gasteiger partial charge is 0.744 e. The number of methoxy groups -OCH3 is 5. The molecule has 2 aliphatic carbocycles. The Balaban J connectivity index is 0.000000450. The second-order valence-electron chi connectivity index (χ2n) is 36.7. The van der Waals surface area contributed by atoms with Gasteiger partial charge in [-0.1, -0.05) is 39.0 Å². The molecule has 0 fully saturated rings. The Morgan fingerprint density at radius 3 is 1.04 bits per heavy atom. The molecule has 2 atom stereocenters. The van der Waals surface area contributed by atoms with Gasteiger partial charge < -0.3 is 118 Å². The molecule has 3 aromatic carbocycles. The number of ether oxygens (including phenoxy) is 17. The van der Waals surface area contributed by atoms with E-state index in [9.17, 15) is 62.6 Å². The Morgan fingerprint density at radius 2 is 0.725 bits per heavy atom. The number of aryl methyl sites for hydroxylation is 1. The third kappa shape index (κ3) is 45.0. The van der Waals surface area contributed by atoms with Crippen LogP contribution in [0.5, 0.6) is 5.75 Å². The number of carboxylic acid groups (broad SMARTS) is 2. The average molecular weight is 2180 g/mol. The molecule has 2 unspecified atom stereocenters. The van der Waals surface area contributed by atoms with E-state index >= 15 is 0 Å². The first-order valence-corrected chi connectivity index (χ1v) is 56.4. The Bertz CT molecular complexity index is 5910. The van der Waals surface area contributed by atoms with E-state index in [4.69, 9.17) is 89.4 Å². The zero-order chi connectivity index (χ0) is 107. The van der Waals surface area contributed by atoms with Crippen molar-refractivity contribution in [3.63, 3.8) is 0 Å². The van der Waals surface area contributed by atoms with Crippen molar-refractivity contribution in [3.8, 4) is 39.5 Å². The second kappa shape index (κ2) is 67.7. The molecule has 6 aliphatic rings. The van der Waals surface area contributed by atoms with E-state index in [1.54, 1.807) is 47.7 Å². The van der Waals surface area contributed by atoms with Gasteiger partial charge in [0.25, 0.3) is 0 Å². The van der Waals surface area contributed by atoms with Gasteiger partial charge in [-0.15, -0.1) is 0 Å². The average Bonchev–Trinajstić information content (AvgIpc) is 1.58. The summed E-state index contributed by atoms with van der Waals surface area (Å²) in [7, 11) is -8.19. The number of carboxylic acids is 2. The quantitative estimate of drug-likeness (QED) is 0.0221. The van der Waals surface area contributed by atoms with Gasteiger partial charge in [-0.05, 0) is 195 Å². The van der Waals surface area contributed by atoms with Crippen molar-refractivity contribution in [2.24, 2.45) is 0 Å². The fourth-order valence-corrected chi connectivity index (χ4v) is 19.3. The van der Waals surface area contributed by atoms with Crippen molar-refractivity contribution in [3.05, 3.63) is 183 Å². The van der Waals surface area contributed by atoms with Crippen LogP contribution >= 0.6 is 0 Å². The topological polar surface area (TPSA) is 453 Å². The first kappa shape index (κ1) is 131. The van der Waals surface area contributed by atoms with Gasteiger partial charge in [-0.3, -0.25) is 9.59 Å². The van der Waals surface area contributed by atoms with E-state index in [-0.39, 0.29) is 134 Å². The van der Waals surface area contributed by atoms with Gasteiger partial charge in [0.1, 0.15) is 95.1 Å². The molecule has 0 amide bonds. The minimum absolute atomic E-state index is 0. The zero-order valence-corrected chi connectivity index (χ0v) is 96.6. The second-order valence-corrected chi connectivity index (χ2v) is 44.0. The molecule has 2 N–H and O–H groups in total. The van der Waals surface area contributed by atoms with Gasteiger partial charge in [0.15, 0.2) is 26.2 Å². The van der Waals surface area contributed by atoms with Gasteiger partial charge in [-0.2, -0.15) is 0 Å². The summed E-state index contributed by atoms with van der Waals surface area (Å²) in [6, 6.07) is 30.4. The molecular weight excluding hydrogens is 2030 g/mol. The van der Waals surface area contributed by atoms with Gasteiger partial charge in [0.05, 0.1) is 199 Å². The van der Waals surface area contributed by atoms with Crippen LogP contribution in [0.1, 0.15) is 120 Å². The fraction of sp³-hybridized carbons (Fsp3) is 0.566. The number of aliphatic carboxylic acids is 2. The van der Waals surface area contributed by atoms with Crippen molar-refractivity contribution in [2.75, 3.05) is 294 Å². The van der Waals surface area contributed by atoms with Crippen LogP contribution in [0.15, 0.2) is 157 Å². The Morgan fingerprint density at radius 1 is 0.403 bits per heavy atom. The first-order valence-electron chi connectivity index (χ1n) is 49.5. The normalized spacial score (nSPS) is 15.4. The molecule has 0 spiro atoms. The maximum Gasteiger partial charge on any atom is 1.00 e. The summed E-state index contributed by atoms with van der Waals surface area (Å²) in [6.07, 6.45) is 14.6. The van der Waals surface area contributed by atoms with Crippen LogP contribution in [0.4, 0.5) is 11.4 Å². The molecule has 149 heavy (non-hydrogen) atoms. The summed E-state index contributed by atoms with van der Waals surface area (Å²) in [4.78, 5) is 26.4. The molecule has 4 aliphatic heterocycles. The molecular formula is C106H152N4Na2O33S4+2. The Kier molecular flexibility index (Phi) is 59.3. The molecule has 818 valence electrons. The summed E-state index contributed by atoms with van der Waals surface area (Å²) in [6.45, 7) is 27.6. The number of allylic oxidation sites excluding steroid dienone is 6. The van der Waals surface area contributed by atoms with E-state index in [0.29, 0.717) is 280 Å². The van der Waals surface area contributed by atoms with Crippen LogP contribution in [0, 0.1) is 6.92 Å². The number of rotatable bonds is 72. The van der Waals surface area contributed by atoms with Crippen LogP contribution < -0.4 is 93.5 Å². The van der Waals surface area contributed by atoms with Gasteiger partial charge in [0.2, 0.25) is 10.7 Å². The number of nitrogens with zero attached hydrogens (tertiary/aromatic N) is 4. The molecule has 43 heteroatoms. The van der Waals surface area contributed by atoms with Gasteiger partial charge in [-0.25, -0.2) is 42.8 Å². The summed E-state index contributed by atoms with van der Waals surface area (Å²) in [5.74, 6) is 0.839. The monoisotopic (exact) mass is 2180 g/mol. The van der Waals surface area contributed by atoms with Crippen LogP contribution in [0.2, 0.25) is 0 Å². The molecule has 4 heterocycles. The molecule has 0 radical (unpaired) electrons. The zero-order valence-electron chi connectivity index (χ0n) is 89.4. The summed E-state index contributed by atoms with van der Waals surface area (Å²) in [5.41, 5.74) is 7.08. The van der Waals surface area contributed by atoms with Crippen LogP contribution in [0.25, 0.3) is 45.9 Å². The number of hydrogen-bond donors (Lipinski definition) is 2. The van der Waals surface area contributed by atoms with E-state index < -0.39 is 72.5 Å². The SMILES string of the molecule is COCCOCCOCCOCC[N+](CCOCCOCCOCCOC)=c1ccc2c(-c3ccc(OC)cc3C)cc(/C=C/C=C3/N(CCCS(C)(=O)=O)c4ccc(S(=O)(=O)[O-])cc4C3(C)CCCC(=O)O)oc-2c1.COCCOCCOCCOCC[N+](CCOCCOCCOCCOC)=c1ccc2c(C(C)(C)C)cc(/C=C/C=C3/N(CCCS(C)(=O)=O)c4ccc(S(=O)(=O)[O-])cc4C3(C)CCCC(=O)O)oc-2c1.[Na+].[Na+]. The van der Waals surface area contributed by atoms with Crippen LogP contribution in [-0.4, -0.2) is 349 Å². The van der Waals surface area contributed by atoms with Crippen molar-refractivity contribution in [1.82, 2.24) is 9.15 Å². The Hall–Kier alpha value is -7.10.